The fraction of sp³-hybridized carbons (Fsp3) is 0.471. The van der Waals surface area contributed by atoms with Crippen molar-refractivity contribution in [3.8, 4) is 0 Å². The zero-order chi connectivity index (χ0) is 15.3. The lowest BCUT2D eigenvalue weighted by molar-refractivity contribution is 0.183. The highest BCUT2D eigenvalue weighted by Crippen LogP contribution is 2.36. The number of hydrogen-bond acceptors (Lipinski definition) is 3. The minimum absolute atomic E-state index is 0.0494. The second kappa shape index (κ2) is 4.93. The third-order valence-corrected chi connectivity index (χ3v) is 5.33. The fourth-order valence-electron chi connectivity index (χ4n) is 3.78. The van der Waals surface area contributed by atoms with Crippen molar-refractivity contribution in [3.05, 3.63) is 41.1 Å². The molecule has 0 spiro atoms. The SMILES string of the molecule is C[C@H]1[C@H](C)CCC[C@H]1n1ccc2c(cnc3ccnn32)c1=O. The zero-order valence-corrected chi connectivity index (χ0v) is 12.9. The molecule has 114 valence electrons. The molecule has 0 amide bonds. The molecule has 1 saturated carbocycles. The number of rotatable bonds is 1. The number of nitrogens with zero attached hydrogens (tertiary/aromatic N) is 4. The number of hydrogen-bond donors (Lipinski definition) is 0. The van der Waals surface area contributed by atoms with Gasteiger partial charge in [0.15, 0.2) is 5.65 Å². The predicted octanol–water partition coefficient (Wildman–Crippen LogP) is 3.04. The second-order valence-corrected chi connectivity index (χ2v) is 6.52. The Bertz CT molecular complexity index is 894. The van der Waals surface area contributed by atoms with Gasteiger partial charge in [0.2, 0.25) is 0 Å². The van der Waals surface area contributed by atoms with Crippen LogP contribution in [0.3, 0.4) is 0 Å². The van der Waals surface area contributed by atoms with E-state index in [4.69, 9.17) is 0 Å². The van der Waals surface area contributed by atoms with Crippen molar-refractivity contribution >= 4 is 16.6 Å². The molecule has 1 aliphatic carbocycles. The van der Waals surface area contributed by atoms with Gasteiger partial charge in [0.1, 0.15) is 0 Å². The highest BCUT2D eigenvalue weighted by atomic mass is 16.1. The van der Waals surface area contributed by atoms with Crippen molar-refractivity contribution in [1.29, 1.82) is 0 Å². The van der Waals surface area contributed by atoms with Crippen LogP contribution in [0.25, 0.3) is 16.6 Å². The van der Waals surface area contributed by atoms with E-state index in [-0.39, 0.29) is 11.6 Å². The number of fused-ring (bicyclic) bond motifs is 3. The lowest BCUT2D eigenvalue weighted by atomic mass is 9.78. The molecule has 5 heteroatoms. The maximum atomic E-state index is 12.9. The van der Waals surface area contributed by atoms with Crippen LogP contribution in [0.2, 0.25) is 0 Å². The van der Waals surface area contributed by atoms with E-state index in [2.05, 4.69) is 23.9 Å². The van der Waals surface area contributed by atoms with Crippen LogP contribution in [0.15, 0.2) is 35.5 Å². The van der Waals surface area contributed by atoms with Crippen LogP contribution in [-0.2, 0) is 0 Å². The van der Waals surface area contributed by atoms with Gasteiger partial charge in [-0.3, -0.25) is 4.79 Å². The van der Waals surface area contributed by atoms with E-state index in [0.29, 0.717) is 17.2 Å². The minimum atomic E-state index is 0.0494. The van der Waals surface area contributed by atoms with Crippen LogP contribution in [0.5, 0.6) is 0 Å². The molecule has 4 rings (SSSR count). The summed E-state index contributed by atoms with van der Waals surface area (Å²) in [6.07, 6.45) is 8.85. The Morgan fingerprint density at radius 2 is 2.09 bits per heavy atom. The zero-order valence-electron chi connectivity index (χ0n) is 12.9. The second-order valence-electron chi connectivity index (χ2n) is 6.52. The van der Waals surface area contributed by atoms with Crippen molar-refractivity contribution in [1.82, 2.24) is 19.2 Å². The largest absolute Gasteiger partial charge is 0.311 e. The molecule has 0 aliphatic heterocycles. The molecule has 1 fully saturated rings. The lowest BCUT2D eigenvalue weighted by Crippen LogP contribution is -2.33. The molecule has 3 aromatic heterocycles. The summed E-state index contributed by atoms with van der Waals surface area (Å²) in [5.41, 5.74) is 1.64. The molecular formula is C17H20N4O. The first-order chi connectivity index (χ1) is 10.7. The van der Waals surface area contributed by atoms with E-state index in [9.17, 15) is 4.79 Å². The van der Waals surface area contributed by atoms with Gasteiger partial charge in [-0.2, -0.15) is 5.10 Å². The van der Waals surface area contributed by atoms with Gasteiger partial charge in [-0.25, -0.2) is 9.50 Å². The highest BCUT2D eigenvalue weighted by molar-refractivity contribution is 5.79. The summed E-state index contributed by atoms with van der Waals surface area (Å²) in [5, 5.41) is 4.91. The molecule has 0 saturated heterocycles. The maximum absolute atomic E-state index is 12.9. The Balaban J connectivity index is 1.91. The molecule has 3 aromatic rings. The van der Waals surface area contributed by atoms with E-state index < -0.39 is 0 Å². The van der Waals surface area contributed by atoms with E-state index in [1.807, 2.05) is 22.9 Å². The Morgan fingerprint density at radius 3 is 2.95 bits per heavy atom. The monoisotopic (exact) mass is 296 g/mol. The normalized spacial score (nSPS) is 25.8. The van der Waals surface area contributed by atoms with Crippen LogP contribution in [-0.4, -0.2) is 19.2 Å². The van der Waals surface area contributed by atoms with Crippen LogP contribution in [0.1, 0.15) is 39.2 Å². The van der Waals surface area contributed by atoms with Crippen molar-refractivity contribution in [3.63, 3.8) is 0 Å². The first kappa shape index (κ1) is 13.5. The third kappa shape index (κ3) is 1.88. The van der Waals surface area contributed by atoms with Crippen molar-refractivity contribution in [2.24, 2.45) is 11.8 Å². The van der Waals surface area contributed by atoms with Crippen LogP contribution in [0.4, 0.5) is 0 Å². The van der Waals surface area contributed by atoms with Crippen molar-refractivity contribution in [2.45, 2.75) is 39.2 Å². The van der Waals surface area contributed by atoms with E-state index >= 15 is 0 Å². The topological polar surface area (TPSA) is 52.2 Å². The van der Waals surface area contributed by atoms with Gasteiger partial charge in [0.05, 0.1) is 17.1 Å². The molecule has 0 radical (unpaired) electrons. The van der Waals surface area contributed by atoms with Crippen molar-refractivity contribution in [2.75, 3.05) is 0 Å². The lowest BCUT2D eigenvalue weighted by Gasteiger charge is -2.35. The van der Waals surface area contributed by atoms with E-state index in [0.717, 1.165) is 17.6 Å². The fourth-order valence-corrected chi connectivity index (χ4v) is 3.78. The molecule has 0 unspecified atom stereocenters. The summed E-state index contributed by atoms with van der Waals surface area (Å²) >= 11 is 0. The van der Waals surface area contributed by atoms with Gasteiger partial charge in [-0.15, -0.1) is 0 Å². The van der Waals surface area contributed by atoms with Gasteiger partial charge < -0.3 is 4.57 Å². The molecule has 5 nitrogen and oxygen atoms in total. The van der Waals surface area contributed by atoms with Crippen LogP contribution < -0.4 is 5.56 Å². The number of pyridine rings is 1. The Labute approximate surface area is 128 Å². The average molecular weight is 296 g/mol. The predicted molar refractivity (Wildman–Crippen MR) is 86.0 cm³/mol. The molecule has 0 N–H and O–H groups in total. The van der Waals surface area contributed by atoms with Gasteiger partial charge in [0.25, 0.3) is 5.56 Å². The molecule has 0 bridgehead atoms. The van der Waals surface area contributed by atoms with Gasteiger partial charge in [0, 0.05) is 24.5 Å². The molecule has 3 atom stereocenters. The summed E-state index contributed by atoms with van der Waals surface area (Å²) in [5.74, 6) is 1.18. The van der Waals surface area contributed by atoms with Crippen LogP contribution in [0, 0.1) is 11.8 Å². The summed E-state index contributed by atoms with van der Waals surface area (Å²) in [6, 6.07) is 4.12. The summed E-state index contributed by atoms with van der Waals surface area (Å²) in [4.78, 5) is 17.3. The smallest absolute Gasteiger partial charge is 0.261 e. The number of aromatic nitrogens is 4. The molecule has 3 heterocycles. The van der Waals surface area contributed by atoms with Crippen LogP contribution >= 0.6 is 0 Å². The van der Waals surface area contributed by atoms with E-state index in [1.54, 1.807) is 16.9 Å². The first-order valence-electron chi connectivity index (χ1n) is 8.00. The minimum Gasteiger partial charge on any atom is -0.311 e. The molecular weight excluding hydrogens is 276 g/mol. The van der Waals surface area contributed by atoms with Gasteiger partial charge in [-0.05, 0) is 24.3 Å². The first-order valence-corrected chi connectivity index (χ1v) is 8.00. The summed E-state index contributed by atoms with van der Waals surface area (Å²) in [6.45, 7) is 4.55. The average Bonchev–Trinajstić information content (AvgIpc) is 3.00. The van der Waals surface area contributed by atoms with Crippen molar-refractivity contribution < 1.29 is 0 Å². The Morgan fingerprint density at radius 1 is 1.23 bits per heavy atom. The Hall–Kier alpha value is -2.17. The molecule has 0 aromatic carbocycles. The quantitative estimate of drug-likeness (QED) is 0.693. The summed E-state index contributed by atoms with van der Waals surface area (Å²) in [7, 11) is 0. The maximum Gasteiger partial charge on any atom is 0.261 e. The molecule has 1 aliphatic rings. The highest BCUT2D eigenvalue weighted by Gasteiger charge is 2.29. The Kier molecular flexibility index (Phi) is 3.03. The van der Waals surface area contributed by atoms with Gasteiger partial charge in [-0.1, -0.05) is 26.7 Å². The molecule has 22 heavy (non-hydrogen) atoms. The van der Waals surface area contributed by atoms with Gasteiger partial charge >= 0.3 is 0 Å². The van der Waals surface area contributed by atoms with E-state index in [1.165, 1.54) is 12.8 Å². The third-order valence-electron chi connectivity index (χ3n) is 5.33. The standard InChI is InChI=1S/C17H20N4O/c1-11-4-3-5-14(12(11)2)20-9-7-15-13(17(20)22)10-18-16-6-8-19-21(15)16/h6-12,14H,3-5H2,1-2H3/t11-,12+,14-/m1/s1. The summed E-state index contributed by atoms with van der Waals surface area (Å²) < 4.78 is 3.65.